The molecule has 2 rings (SSSR count). The highest BCUT2D eigenvalue weighted by Gasteiger charge is 2.23. The Labute approximate surface area is 97.3 Å². The van der Waals surface area contributed by atoms with Gasteiger partial charge in [0.05, 0.1) is 13.2 Å². The molecule has 2 heteroatoms. The van der Waals surface area contributed by atoms with Gasteiger partial charge in [0.15, 0.2) is 0 Å². The van der Waals surface area contributed by atoms with E-state index < -0.39 is 0 Å². The maximum atomic E-state index is 9.90. The zero-order valence-corrected chi connectivity index (χ0v) is 10.1. The van der Waals surface area contributed by atoms with Gasteiger partial charge in [-0.2, -0.15) is 0 Å². The average molecular weight is 220 g/mol. The lowest BCUT2D eigenvalue weighted by atomic mass is 9.80. The van der Waals surface area contributed by atoms with Crippen molar-refractivity contribution < 1.29 is 9.84 Å². The predicted molar refractivity (Wildman–Crippen MR) is 64.8 cm³/mol. The number of rotatable bonds is 3. The molecule has 0 saturated carbocycles. The third-order valence-electron chi connectivity index (χ3n) is 3.64. The first-order chi connectivity index (χ1) is 7.74. The monoisotopic (exact) mass is 220 g/mol. The van der Waals surface area contributed by atoms with Crippen LogP contribution in [-0.2, 0) is 12.8 Å². The van der Waals surface area contributed by atoms with Crippen molar-refractivity contribution in [1.82, 2.24) is 0 Å². The van der Waals surface area contributed by atoms with E-state index in [2.05, 4.69) is 12.1 Å². The topological polar surface area (TPSA) is 29.5 Å². The summed E-state index contributed by atoms with van der Waals surface area (Å²) in [6, 6.07) is 6.29. The fraction of sp³-hybridized carbons (Fsp3) is 0.571. The molecule has 2 atom stereocenters. The van der Waals surface area contributed by atoms with Gasteiger partial charge in [-0.25, -0.2) is 0 Å². The van der Waals surface area contributed by atoms with Crippen LogP contribution in [0, 0.1) is 5.92 Å². The number of aliphatic hydroxyl groups is 1. The molecule has 1 aromatic carbocycles. The SMILES string of the molecule is CCC(O)C1CCc2ccc(OC)cc2C1. The molecule has 88 valence electrons. The van der Waals surface area contributed by atoms with E-state index in [0.29, 0.717) is 5.92 Å². The summed E-state index contributed by atoms with van der Waals surface area (Å²) in [5.41, 5.74) is 2.77. The van der Waals surface area contributed by atoms with Crippen molar-refractivity contribution >= 4 is 0 Å². The molecule has 0 aliphatic heterocycles. The van der Waals surface area contributed by atoms with Gasteiger partial charge in [0.2, 0.25) is 0 Å². The molecule has 2 nitrogen and oxygen atoms in total. The molecule has 0 saturated heterocycles. The molecule has 0 amide bonds. The number of methoxy groups -OCH3 is 1. The third kappa shape index (κ3) is 2.22. The largest absolute Gasteiger partial charge is 0.497 e. The Balaban J connectivity index is 2.18. The van der Waals surface area contributed by atoms with Gasteiger partial charge >= 0.3 is 0 Å². The summed E-state index contributed by atoms with van der Waals surface area (Å²) in [5, 5.41) is 9.90. The van der Waals surface area contributed by atoms with Crippen LogP contribution in [0.15, 0.2) is 18.2 Å². The van der Waals surface area contributed by atoms with E-state index in [1.165, 1.54) is 11.1 Å². The second kappa shape index (κ2) is 4.88. The van der Waals surface area contributed by atoms with Crippen molar-refractivity contribution in [3.63, 3.8) is 0 Å². The molecular formula is C14H20O2. The van der Waals surface area contributed by atoms with Crippen molar-refractivity contribution in [3.8, 4) is 5.75 Å². The Morgan fingerprint density at radius 2 is 2.25 bits per heavy atom. The minimum atomic E-state index is -0.153. The number of hydrogen-bond acceptors (Lipinski definition) is 2. The maximum Gasteiger partial charge on any atom is 0.119 e. The van der Waals surface area contributed by atoms with Crippen LogP contribution in [0.4, 0.5) is 0 Å². The second-order valence-corrected chi connectivity index (χ2v) is 4.61. The molecule has 0 fully saturated rings. The number of fused-ring (bicyclic) bond motifs is 1. The number of ether oxygens (including phenoxy) is 1. The van der Waals surface area contributed by atoms with Crippen LogP contribution in [0.5, 0.6) is 5.75 Å². The normalized spacial score (nSPS) is 21.3. The van der Waals surface area contributed by atoms with Gasteiger partial charge in [-0.05, 0) is 54.9 Å². The van der Waals surface area contributed by atoms with Crippen LogP contribution in [-0.4, -0.2) is 18.3 Å². The Morgan fingerprint density at radius 1 is 1.44 bits per heavy atom. The molecule has 1 N–H and O–H groups in total. The quantitative estimate of drug-likeness (QED) is 0.848. The van der Waals surface area contributed by atoms with Gasteiger partial charge < -0.3 is 9.84 Å². The van der Waals surface area contributed by atoms with Crippen LogP contribution >= 0.6 is 0 Å². The zero-order chi connectivity index (χ0) is 11.5. The van der Waals surface area contributed by atoms with E-state index in [-0.39, 0.29) is 6.10 Å². The lowest BCUT2D eigenvalue weighted by molar-refractivity contribution is 0.0954. The fourth-order valence-electron chi connectivity index (χ4n) is 2.55. The van der Waals surface area contributed by atoms with Crippen LogP contribution in [0.2, 0.25) is 0 Å². The molecule has 0 radical (unpaired) electrons. The van der Waals surface area contributed by atoms with Crippen LogP contribution in [0.3, 0.4) is 0 Å². The number of aliphatic hydroxyl groups excluding tert-OH is 1. The predicted octanol–water partition coefficient (Wildman–Crippen LogP) is 2.57. The summed E-state index contributed by atoms with van der Waals surface area (Å²) in [6.07, 6.45) is 3.88. The van der Waals surface area contributed by atoms with E-state index in [1.54, 1.807) is 7.11 Å². The summed E-state index contributed by atoms with van der Waals surface area (Å²) in [6.45, 7) is 2.05. The van der Waals surface area contributed by atoms with Crippen LogP contribution in [0.25, 0.3) is 0 Å². The zero-order valence-electron chi connectivity index (χ0n) is 10.1. The van der Waals surface area contributed by atoms with E-state index in [9.17, 15) is 5.11 Å². The molecule has 0 bridgehead atoms. The summed E-state index contributed by atoms with van der Waals surface area (Å²) >= 11 is 0. The molecule has 2 unspecified atom stereocenters. The number of benzene rings is 1. The van der Waals surface area contributed by atoms with Crippen molar-refractivity contribution in [1.29, 1.82) is 0 Å². The van der Waals surface area contributed by atoms with E-state index >= 15 is 0 Å². The Hall–Kier alpha value is -1.02. The highest BCUT2D eigenvalue weighted by atomic mass is 16.5. The van der Waals surface area contributed by atoms with Crippen molar-refractivity contribution in [2.24, 2.45) is 5.92 Å². The standard InChI is InChI=1S/C14H20O2/c1-3-14(15)11-5-4-10-6-7-13(16-2)9-12(10)8-11/h6-7,9,11,14-15H,3-5,8H2,1-2H3. The highest BCUT2D eigenvalue weighted by molar-refractivity contribution is 5.37. The highest BCUT2D eigenvalue weighted by Crippen LogP contribution is 2.30. The number of hydrogen-bond donors (Lipinski definition) is 1. The third-order valence-corrected chi connectivity index (χ3v) is 3.64. The van der Waals surface area contributed by atoms with Crippen molar-refractivity contribution in [2.75, 3.05) is 7.11 Å². The van der Waals surface area contributed by atoms with Gasteiger partial charge in [-0.3, -0.25) is 0 Å². The summed E-state index contributed by atoms with van der Waals surface area (Å²) in [7, 11) is 1.70. The van der Waals surface area contributed by atoms with E-state index in [0.717, 1.165) is 31.4 Å². The van der Waals surface area contributed by atoms with Crippen molar-refractivity contribution in [2.45, 2.75) is 38.7 Å². The van der Waals surface area contributed by atoms with Crippen LogP contribution < -0.4 is 4.74 Å². The summed E-state index contributed by atoms with van der Waals surface area (Å²) < 4.78 is 5.24. The lowest BCUT2D eigenvalue weighted by Gasteiger charge is -2.28. The summed E-state index contributed by atoms with van der Waals surface area (Å²) in [4.78, 5) is 0. The minimum absolute atomic E-state index is 0.153. The molecule has 0 aromatic heterocycles. The molecule has 0 spiro atoms. The van der Waals surface area contributed by atoms with Gasteiger partial charge in [0.1, 0.15) is 5.75 Å². The molecule has 1 aromatic rings. The lowest BCUT2D eigenvalue weighted by Crippen LogP contribution is -2.26. The second-order valence-electron chi connectivity index (χ2n) is 4.61. The van der Waals surface area contributed by atoms with Gasteiger partial charge in [0, 0.05) is 0 Å². The van der Waals surface area contributed by atoms with Crippen LogP contribution in [0.1, 0.15) is 30.9 Å². The Morgan fingerprint density at radius 3 is 2.94 bits per heavy atom. The van der Waals surface area contributed by atoms with Gasteiger partial charge in [-0.15, -0.1) is 0 Å². The average Bonchev–Trinajstić information content (AvgIpc) is 2.36. The fourth-order valence-corrected chi connectivity index (χ4v) is 2.55. The molecule has 0 heterocycles. The summed E-state index contributed by atoms with van der Waals surface area (Å²) in [5.74, 6) is 1.34. The van der Waals surface area contributed by atoms with Gasteiger partial charge in [0.25, 0.3) is 0 Å². The smallest absolute Gasteiger partial charge is 0.119 e. The first kappa shape index (κ1) is 11.5. The van der Waals surface area contributed by atoms with Crippen molar-refractivity contribution in [3.05, 3.63) is 29.3 Å². The molecule has 1 aliphatic carbocycles. The molecule has 1 aliphatic rings. The molecule has 16 heavy (non-hydrogen) atoms. The maximum absolute atomic E-state index is 9.90. The Bertz CT molecular complexity index is 360. The van der Waals surface area contributed by atoms with Gasteiger partial charge in [-0.1, -0.05) is 13.0 Å². The first-order valence-corrected chi connectivity index (χ1v) is 6.08. The number of aryl methyl sites for hydroxylation is 1. The minimum Gasteiger partial charge on any atom is -0.497 e. The van der Waals surface area contributed by atoms with E-state index in [1.807, 2.05) is 13.0 Å². The Kier molecular flexibility index (Phi) is 3.49. The van der Waals surface area contributed by atoms with E-state index in [4.69, 9.17) is 4.74 Å². The molecular weight excluding hydrogens is 200 g/mol. The first-order valence-electron chi connectivity index (χ1n) is 6.08.